The van der Waals surface area contributed by atoms with Crippen LogP contribution in [0.15, 0.2) is 47.4 Å². The number of carbonyl (C=O) groups is 3. The van der Waals surface area contributed by atoms with Gasteiger partial charge in [0.05, 0.1) is 22.2 Å². The Bertz CT molecular complexity index is 1120. The molecular weight excluding hydrogens is 579 g/mol. The topological polar surface area (TPSA) is 94.2 Å². The second kappa shape index (κ2) is 11.5. The first-order chi connectivity index (χ1) is 15.8. The van der Waals surface area contributed by atoms with Gasteiger partial charge >= 0.3 is 5.97 Å². The number of hydrogen-bond donors (Lipinski definition) is 1. The van der Waals surface area contributed by atoms with E-state index >= 15 is 0 Å². The fourth-order valence-electron chi connectivity index (χ4n) is 2.74. The third-order valence-electron chi connectivity index (χ3n) is 4.23. The largest absolute Gasteiger partial charge is 0.490 e. The number of amides is 2. The number of rotatable bonds is 8. The van der Waals surface area contributed by atoms with Crippen molar-refractivity contribution in [3.63, 3.8) is 0 Å². The molecule has 0 unspecified atom stereocenters. The van der Waals surface area contributed by atoms with Gasteiger partial charge in [0.25, 0.3) is 11.8 Å². The van der Waals surface area contributed by atoms with Crippen LogP contribution in [0.5, 0.6) is 11.5 Å². The molecule has 0 aromatic heterocycles. The van der Waals surface area contributed by atoms with Crippen molar-refractivity contribution in [3.8, 4) is 11.5 Å². The number of nitrogens with zero attached hydrogens (tertiary/aromatic N) is 1. The van der Waals surface area contributed by atoms with E-state index in [1.807, 2.05) is 6.92 Å². The maximum absolute atomic E-state index is 12.9. The number of ether oxygens (including phenoxy) is 3. The van der Waals surface area contributed by atoms with Gasteiger partial charge in [0, 0.05) is 5.56 Å². The first-order valence-electron chi connectivity index (χ1n) is 9.64. The van der Waals surface area contributed by atoms with Crippen LogP contribution in [0.2, 0.25) is 0 Å². The molecule has 0 aliphatic carbocycles. The van der Waals surface area contributed by atoms with Crippen LogP contribution in [0.1, 0.15) is 22.8 Å². The first kappa shape index (κ1) is 25.0. The van der Waals surface area contributed by atoms with Gasteiger partial charge < -0.3 is 14.2 Å². The van der Waals surface area contributed by atoms with Crippen molar-refractivity contribution in [2.45, 2.75) is 6.92 Å². The Morgan fingerprint density at radius 1 is 1.21 bits per heavy atom. The van der Waals surface area contributed by atoms with Gasteiger partial charge in [0.1, 0.15) is 0 Å². The summed E-state index contributed by atoms with van der Waals surface area (Å²) in [4.78, 5) is 37.1. The number of esters is 1. The average Bonchev–Trinajstić information content (AvgIpc) is 3.06. The van der Waals surface area contributed by atoms with Crippen molar-refractivity contribution in [2.75, 3.05) is 20.3 Å². The van der Waals surface area contributed by atoms with Crippen LogP contribution in [0.3, 0.4) is 0 Å². The number of nitrogens with one attached hydrogen (secondary N) is 1. The van der Waals surface area contributed by atoms with Gasteiger partial charge in [-0.15, -0.1) is 0 Å². The predicted octanol–water partition coefficient (Wildman–Crippen LogP) is 3.79. The molecule has 8 nitrogen and oxygen atoms in total. The Balaban J connectivity index is 1.82. The normalized spacial score (nSPS) is 14.4. The number of hydrazine groups is 1. The highest BCUT2D eigenvalue weighted by atomic mass is 127. The molecule has 1 fully saturated rings. The van der Waals surface area contributed by atoms with E-state index in [-0.39, 0.29) is 10.9 Å². The van der Waals surface area contributed by atoms with Gasteiger partial charge in [0.15, 0.2) is 22.4 Å². The van der Waals surface area contributed by atoms with E-state index in [9.17, 15) is 14.4 Å². The summed E-state index contributed by atoms with van der Waals surface area (Å²) in [5.74, 6) is -0.560. The lowest BCUT2D eigenvalue weighted by Gasteiger charge is -2.15. The van der Waals surface area contributed by atoms with E-state index in [1.165, 1.54) is 7.11 Å². The standard InChI is InChI=1S/C22H19IN2O6S2/c1-3-30-16-10-13(9-15(23)19(16)31-12-18(26)29-2)11-17-21(28)25(22(32)33-17)24-20(27)14-7-5-4-6-8-14/h4-11H,3,12H2,1-2H3,(H,24,27)/b17-11+. The highest BCUT2D eigenvalue weighted by molar-refractivity contribution is 14.1. The number of thiocarbonyl (C=S) groups is 1. The third kappa shape index (κ3) is 6.24. The molecule has 33 heavy (non-hydrogen) atoms. The molecule has 1 saturated heterocycles. The number of benzene rings is 2. The van der Waals surface area contributed by atoms with Crippen molar-refractivity contribution in [2.24, 2.45) is 0 Å². The van der Waals surface area contributed by atoms with Crippen LogP contribution in [-0.2, 0) is 14.3 Å². The molecule has 0 radical (unpaired) electrons. The van der Waals surface area contributed by atoms with Gasteiger partial charge in [-0.25, -0.2) is 4.79 Å². The molecule has 0 saturated carbocycles. The van der Waals surface area contributed by atoms with Crippen LogP contribution in [-0.4, -0.2) is 47.4 Å². The van der Waals surface area contributed by atoms with Gasteiger partial charge in [-0.1, -0.05) is 30.0 Å². The number of hydrogen-bond acceptors (Lipinski definition) is 8. The number of methoxy groups -OCH3 is 1. The maximum atomic E-state index is 12.9. The molecule has 2 aromatic carbocycles. The van der Waals surface area contributed by atoms with Crippen molar-refractivity contribution in [1.29, 1.82) is 0 Å². The minimum atomic E-state index is -0.515. The molecule has 1 heterocycles. The molecule has 0 bridgehead atoms. The smallest absolute Gasteiger partial charge is 0.343 e. The summed E-state index contributed by atoms with van der Waals surface area (Å²) >= 11 is 8.43. The molecule has 172 valence electrons. The van der Waals surface area contributed by atoms with Crippen molar-refractivity contribution in [1.82, 2.24) is 10.4 Å². The summed E-state index contributed by atoms with van der Waals surface area (Å²) in [7, 11) is 1.28. The Hall–Kier alpha value is -2.64. The van der Waals surface area contributed by atoms with Crippen molar-refractivity contribution < 1.29 is 28.6 Å². The quantitative estimate of drug-likeness (QED) is 0.213. The first-order valence-corrected chi connectivity index (χ1v) is 11.9. The molecule has 2 aromatic rings. The van der Waals surface area contributed by atoms with Crippen LogP contribution < -0.4 is 14.9 Å². The third-order valence-corrected chi connectivity index (χ3v) is 6.34. The maximum Gasteiger partial charge on any atom is 0.343 e. The van der Waals surface area contributed by atoms with E-state index in [1.54, 1.807) is 48.5 Å². The summed E-state index contributed by atoms with van der Waals surface area (Å²) in [5.41, 5.74) is 3.63. The van der Waals surface area contributed by atoms with E-state index in [4.69, 9.17) is 21.7 Å². The Morgan fingerprint density at radius 2 is 1.94 bits per heavy atom. The molecular formula is C22H19IN2O6S2. The van der Waals surface area contributed by atoms with Gasteiger partial charge in [0.2, 0.25) is 0 Å². The fraction of sp³-hybridized carbons (Fsp3) is 0.182. The SMILES string of the molecule is CCOc1cc(/C=C2/SC(=S)N(NC(=O)c3ccccc3)C2=O)cc(I)c1OCC(=O)OC. The molecule has 0 atom stereocenters. The zero-order valence-electron chi connectivity index (χ0n) is 17.6. The number of thioether (sulfide) groups is 1. The van der Waals surface area contributed by atoms with Crippen LogP contribution in [0, 0.1) is 3.57 Å². The lowest BCUT2D eigenvalue weighted by molar-refractivity contribution is -0.143. The zero-order valence-corrected chi connectivity index (χ0v) is 21.4. The van der Waals surface area contributed by atoms with Crippen LogP contribution >= 0.6 is 46.6 Å². The van der Waals surface area contributed by atoms with Gasteiger partial charge in [-0.2, -0.15) is 5.01 Å². The summed E-state index contributed by atoms with van der Waals surface area (Å²) in [6.07, 6.45) is 1.66. The van der Waals surface area contributed by atoms with E-state index in [2.05, 4.69) is 32.8 Å². The van der Waals surface area contributed by atoms with E-state index < -0.39 is 17.8 Å². The lowest BCUT2D eigenvalue weighted by atomic mass is 10.2. The van der Waals surface area contributed by atoms with Gasteiger partial charge in [-0.3, -0.25) is 15.0 Å². The Morgan fingerprint density at radius 3 is 2.61 bits per heavy atom. The number of halogens is 1. The Kier molecular flexibility index (Phi) is 8.69. The summed E-state index contributed by atoms with van der Waals surface area (Å²) in [6, 6.07) is 12.0. The second-order valence-corrected chi connectivity index (χ2v) is 9.29. The second-order valence-electron chi connectivity index (χ2n) is 6.45. The van der Waals surface area contributed by atoms with Crippen LogP contribution in [0.25, 0.3) is 6.08 Å². The molecule has 1 aliphatic heterocycles. The molecule has 1 aliphatic rings. The highest BCUT2D eigenvalue weighted by Gasteiger charge is 2.34. The average molecular weight is 598 g/mol. The molecule has 3 rings (SSSR count). The lowest BCUT2D eigenvalue weighted by Crippen LogP contribution is -2.44. The monoisotopic (exact) mass is 598 g/mol. The highest BCUT2D eigenvalue weighted by Crippen LogP contribution is 2.37. The van der Waals surface area contributed by atoms with E-state index in [0.29, 0.717) is 37.7 Å². The predicted molar refractivity (Wildman–Crippen MR) is 137 cm³/mol. The zero-order chi connectivity index (χ0) is 24.0. The fourth-order valence-corrected chi connectivity index (χ4v) is 4.70. The molecule has 2 amide bonds. The summed E-state index contributed by atoms with van der Waals surface area (Å²) in [5, 5.41) is 1.06. The van der Waals surface area contributed by atoms with Crippen molar-refractivity contribution >= 4 is 74.8 Å². The molecule has 0 spiro atoms. The summed E-state index contributed by atoms with van der Waals surface area (Å²) < 4.78 is 16.7. The summed E-state index contributed by atoms with van der Waals surface area (Å²) in [6.45, 7) is 1.94. The number of carbonyl (C=O) groups excluding carboxylic acids is 3. The van der Waals surface area contributed by atoms with Gasteiger partial charge in [-0.05, 0) is 77.6 Å². The minimum Gasteiger partial charge on any atom is -0.490 e. The van der Waals surface area contributed by atoms with E-state index in [0.717, 1.165) is 16.8 Å². The van der Waals surface area contributed by atoms with Crippen LogP contribution in [0.4, 0.5) is 0 Å². The molecule has 11 heteroatoms. The minimum absolute atomic E-state index is 0.216. The Labute approximate surface area is 213 Å². The van der Waals surface area contributed by atoms with Crippen molar-refractivity contribution in [3.05, 3.63) is 62.1 Å². The molecule has 1 N–H and O–H groups in total.